The summed E-state index contributed by atoms with van der Waals surface area (Å²) in [5, 5.41) is 5.05. The summed E-state index contributed by atoms with van der Waals surface area (Å²) in [4.78, 5) is 0. The van der Waals surface area contributed by atoms with E-state index in [1.807, 2.05) is 0 Å². The fraction of sp³-hybridized carbons (Fsp3) is 0.250. The van der Waals surface area contributed by atoms with Crippen LogP contribution < -0.4 is 30.2 Å². The average Bonchev–Trinajstić information content (AvgIpc) is 4.04. The molecular weight excluding hydrogens is 829 g/mol. The number of hydrogen-bond acceptors (Lipinski definition) is 2. The number of benzene rings is 8. The summed E-state index contributed by atoms with van der Waals surface area (Å²) < 4.78 is 34.8. The molecule has 0 saturated heterocycles. The summed E-state index contributed by atoms with van der Waals surface area (Å²) >= 11 is 0. The third kappa shape index (κ3) is 6.71. The van der Waals surface area contributed by atoms with Gasteiger partial charge in [0.2, 0.25) is 0 Å². The molecule has 2 aliphatic heterocycles. The van der Waals surface area contributed by atoms with Gasteiger partial charge in [0.1, 0.15) is 23.0 Å². The summed E-state index contributed by atoms with van der Waals surface area (Å²) in [7, 11) is -3.21. The highest BCUT2D eigenvalue weighted by atomic mass is 28.3. The highest BCUT2D eigenvalue weighted by Gasteiger charge is 2.44. The molecule has 8 aromatic carbocycles. The number of rotatable bonds is 8. The van der Waals surface area contributed by atoms with Gasteiger partial charge in [-0.3, -0.25) is 0 Å². The monoisotopic (exact) mass is 890 g/mol. The first-order chi connectivity index (χ1) is 33.4. The van der Waals surface area contributed by atoms with Gasteiger partial charge >= 0.3 is 0 Å². The number of hydrogen-bond donors (Lipinski definition) is 0. The maximum absolute atomic E-state index is 10.4. The highest BCUT2D eigenvalue weighted by molar-refractivity contribution is 7.19. The second-order valence-corrected chi connectivity index (χ2v) is 24.2. The Labute approximate surface area is 401 Å². The summed E-state index contributed by atoms with van der Waals surface area (Å²) in [5.74, 6) is 2.03. The molecule has 8 aromatic rings. The van der Waals surface area contributed by atoms with Crippen LogP contribution in [-0.2, 0) is 10.8 Å². The molecule has 2 heterocycles. The van der Waals surface area contributed by atoms with Gasteiger partial charge in [-0.05, 0) is 92.6 Å². The minimum absolute atomic E-state index is 0.265. The van der Waals surface area contributed by atoms with Crippen LogP contribution in [0.1, 0.15) is 127 Å². The average molecular weight is 891 g/mol. The van der Waals surface area contributed by atoms with E-state index >= 15 is 0 Å². The molecule has 67 heavy (non-hydrogen) atoms. The lowest BCUT2D eigenvalue weighted by Gasteiger charge is -2.37. The highest BCUT2D eigenvalue weighted by Crippen LogP contribution is 2.54. The van der Waals surface area contributed by atoms with Crippen LogP contribution in [0.5, 0.6) is 23.0 Å². The quantitative estimate of drug-likeness (QED) is 0.112. The first kappa shape index (κ1) is 39.7. The predicted molar refractivity (Wildman–Crippen MR) is 281 cm³/mol. The van der Waals surface area contributed by atoms with Gasteiger partial charge in [-0.2, -0.15) is 0 Å². The molecule has 4 aliphatic rings. The van der Waals surface area contributed by atoms with Crippen molar-refractivity contribution in [3.63, 3.8) is 0 Å². The molecule has 2 aliphatic carbocycles. The van der Waals surface area contributed by atoms with E-state index in [-0.39, 0.29) is 10.8 Å². The van der Waals surface area contributed by atoms with Crippen LogP contribution in [0.2, 0.25) is 0 Å². The standard InChI is InChI=1S/C64H60O2Si/c1-63(2)55-31-15-17-35-59(55)65-61-51(29-19-33-57(61)63)49-39-37-47(41-53(49)43-21-11-12-22-43)67(45-25-7-5-8-26-45,46-27-9-6-10-28-46)48-38-40-50(54(42-48)44-23-13-14-24-44)52-30-20-34-58-62(52)66-60-36-18-16-32-56(60)64(58,3)4/h5-10,15-20,25-44H,11-14,21-24H2,1-4H3/i43D,44D. The minimum Gasteiger partial charge on any atom is -0.456 e. The number of ether oxygens (including phenoxy) is 2. The van der Waals surface area contributed by atoms with E-state index in [0.29, 0.717) is 0 Å². The maximum Gasteiger partial charge on any atom is 0.179 e. The van der Waals surface area contributed by atoms with Gasteiger partial charge in [0.05, 0.1) is 0 Å². The molecule has 0 aromatic heterocycles. The van der Waals surface area contributed by atoms with Gasteiger partial charge in [0, 0.05) is 47.0 Å². The van der Waals surface area contributed by atoms with Gasteiger partial charge in [0.15, 0.2) is 8.07 Å². The van der Waals surface area contributed by atoms with Crippen molar-refractivity contribution in [1.82, 2.24) is 0 Å². The first-order valence-electron chi connectivity index (χ1n) is 25.7. The summed E-state index contributed by atoms with van der Waals surface area (Å²) in [6.07, 6.45) is 7.36. The van der Waals surface area contributed by atoms with Crippen LogP contribution in [0, 0.1) is 0 Å². The molecular formula is C64H60O2Si. The number of para-hydroxylation sites is 4. The van der Waals surface area contributed by atoms with Crippen LogP contribution >= 0.6 is 0 Å². The molecule has 0 atom stereocenters. The molecule has 0 radical (unpaired) electrons. The fourth-order valence-corrected chi connectivity index (χ4v) is 17.3. The van der Waals surface area contributed by atoms with Crippen molar-refractivity contribution in [2.75, 3.05) is 0 Å². The molecule has 2 fully saturated rings. The Balaban J connectivity index is 1.12. The van der Waals surface area contributed by atoms with E-state index in [1.54, 1.807) is 0 Å². The number of fused-ring (bicyclic) bond motifs is 4. The summed E-state index contributed by atoms with van der Waals surface area (Å²) in [6, 6.07) is 66.9. The van der Waals surface area contributed by atoms with Crippen molar-refractivity contribution in [3.8, 4) is 45.3 Å². The Morgan fingerprint density at radius 2 is 0.761 bits per heavy atom. The SMILES string of the molecule is [2H]C1(c2cc([Si](c3ccccc3)(c3ccccc3)c3ccc(-c4cccc5c4Oc4ccccc4C5(C)C)c(C4([2H])CCCC4)c3)ccc2-c2cccc3c2Oc2ccccc2C3(C)C)CCCC1. The molecule has 3 heteroatoms. The van der Waals surface area contributed by atoms with Crippen molar-refractivity contribution in [2.24, 2.45) is 0 Å². The van der Waals surface area contributed by atoms with Gasteiger partial charge in [-0.1, -0.05) is 223 Å². The normalized spacial score (nSPS) is 18.5. The van der Waals surface area contributed by atoms with E-state index in [4.69, 9.17) is 9.47 Å². The third-order valence-corrected chi connectivity index (χ3v) is 20.7. The van der Waals surface area contributed by atoms with Crippen molar-refractivity contribution < 1.29 is 12.2 Å². The molecule has 0 spiro atoms. The van der Waals surface area contributed by atoms with Gasteiger partial charge in [0.25, 0.3) is 0 Å². The van der Waals surface area contributed by atoms with Gasteiger partial charge in [-0.15, -0.1) is 0 Å². The van der Waals surface area contributed by atoms with Crippen LogP contribution in [0.15, 0.2) is 182 Å². The third-order valence-electron chi connectivity index (χ3n) is 16.0. The lowest BCUT2D eigenvalue weighted by atomic mass is 9.74. The van der Waals surface area contributed by atoms with Gasteiger partial charge in [-0.25, -0.2) is 0 Å². The Bertz CT molecular complexity index is 3050. The van der Waals surface area contributed by atoms with Crippen molar-refractivity contribution >= 4 is 28.8 Å². The van der Waals surface area contributed by atoms with Crippen molar-refractivity contribution in [2.45, 2.75) is 102 Å². The molecule has 0 amide bonds. The van der Waals surface area contributed by atoms with E-state index in [2.05, 4.69) is 210 Å². The zero-order valence-electron chi connectivity index (χ0n) is 41.3. The molecule has 0 N–H and O–H groups in total. The van der Waals surface area contributed by atoms with E-state index in [0.717, 1.165) is 119 Å². The lowest BCUT2D eigenvalue weighted by Crippen LogP contribution is -2.74. The fourth-order valence-electron chi connectivity index (χ4n) is 12.5. The minimum atomic E-state index is -3.21. The second-order valence-electron chi connectivity index (χ2n) is 20.4. The van der Waals surface area contributed by atoms with E-state index < -0.39 is 19.9 Å². The van der Waals surface area contributed by atoms with Crippen molar-refractivity contribution in [3.05, 3.63) is 215 Å². The Morgan fingerprint density at radius 3 is 1.18 bits per heavy atom. The lowest BCUT2D eigenvalue weighted by molar-refractivity contribution is 0.419. The smallest absolute Gasteiger partial charge is 0.179 e. The van der Waals surface area contributed by atoms with Gasteiger partial charge < -0.3 is 9.47 Å². The Hall–Kier alpha value is -6.42. The summed E-state index contributed by atoms with van der Waals surface area (Å²) in [5.41, 5.74) is 10.6. The largest absolute Gasteiger partial charge is 0.456 e. The van der Waals surface area contributed by atoms with Crippen LogP contribution in [0.25, 0.3) is 22.3 Å². The zero-order chi connectivity index (χ0) is 47.2. The first-order valence-corrected chi connectivity index (χ1v) is 26.7. The van der Waals surface area contributed by atoms with E-state index in [1.165, 1.54) is 31.9 Å². The molecule has 332 valence electrons. The molecule has 12 rings (SSSR count). The van der Waals surface area contributed by atoms with Crippen LogP contribution in [0.4, 0.5) is 0 Å². The van der Waals surface area contributed by atoms with Crippen LogP contribution in [-0.4, -0.2) is 8.07 Å². The second kappa shape index (κ2) is 16.4. The van der Waals surface area contributed by atoms with E-state index in [9.17, 15) is 2.74 Å². The molecule has 2 nitrogen and oxygen atoms in total. The maximum atomic E-state index is 10.4. The molecule has 0 bridgehead atoms. The topological polar surface area (TPSA) is 18.5 Å². The molecule has 0 unspecified atom stereocenters. The van der Waals surface area contributed by atoms with Crippen LogP contribution in [0.3, 0.4) is 0 Å². The van der Waals surface area contributed by atoms with Crippen molar-refractivity contribution in [1.29, 1.82) is 0 Å². The summed E-state index contributed by atoms with van der Waals surface area (Å²) in [6.45, 7) is 9.20. The zero-order valence-corrected chi connectivity index (χ0v) is 40.3. The predicted octanol–water partition coefficient (Wildman–Crippen LogP) is 14.6. The molecule has 2 saturated carbocycles. The Kier molecular flexibility index (Phi) is 9.73. The Morgan fingerprint density at radius 1 is 0.388 bits per heavy atom.